The van der Waals surface area contributed by atoms with Crippen LogP contribution in [0.1, 0.15) is 5.69 Å². The molecule has 0 spiro atoms. The summed E-state index contributed by atoms with van der Waals surface area (Å²) >= 11 is 0. The summed E-state index contributed by atoms with van der Waals surface area (Å²) in [6, 6.07) is 9.63. The number of nitriles is 1. The van der Waals surface area contributed by atoms with E-state index in [1.807, 2.05) is 30.3 Å². The minimum atomic E-state index is 0.345. The molecular weight excluding hydrogens is 318 g/mol. The molecule has 1 fully saturated rings. The van der Waals surface area contributed by atoms with Crippen LogP contribution in [-0.2, 0) is 0 Å². The summed E-state index contributed by atoms with van der Waals surface area (Å²) in [5.41, 5.74) is 0.345. The number of hydrogen-bond acceptors (Lipinski definition) is 7. The maximum atomic E-state index is 8.78. The third-order valence-electron chi connectivity index (χ3n) is 4.17. The lowest BCUT2D eigenvalue weighted by Crippen LogP contribution is -2.47. The van der Waals surface area contributed by atoms with Crippen LogP contribution in [0.5, 0.6) is 11.5 Å². The fraction of sp³-hybridized carbons (Fsp3) is 0.389. The van der Waals surface area contributed by atoms with E-state index < -0.39 is 0 Å². The molecule has 1 aliphatic rings. The molecule has 0 radical (unpaired) electrons. The Morgan fingerprint density at radius 3 is 2.60 bits per heavy atom. The molecule has 0 bridgehead atoms. The molecule has 7 nitrogen and oxygen atoms in total. The van der Waals surface area contributed by atoms with Gasteiger partial charge in [-0.1, -0.05) is 6.07 Å². The molecule has 2 aromatic rings. The van der Waals surface area contributed by atoms with E-state index in [0.29, 0.717) is 12.3 Å². The van der Waals surface area contributed by atoms with Crippen molar-refractivity contribution in [2.75, 3.05) is 51.3 Å². The second kappa shape index (κ2) is 8.31. The number of methoxy groups -OCH3 is 1. The summed E-state index contributed by atoms with van der Waals surface area (Å²) < 4.78 is 11.0. The maximum absolute atomic E-state index is 8.78. The minimum Gasteiger partial charge on any atom is -0.497 e. The molecule has 1 aromatic carbocycles. The number of nitrogens with zero attached hydrogens (tertiary/aromatic N) is 5. The fourth-order valence-corrected chi connectivity index (χ4v) is 2.73. The van der Waals surface area contributed by atoms with E-state index in [9.17, 15) is 0 Å². The van der Waals surface area contributed by atoms with Crippen molar-refractivity contribution in [1.29, 1.82) is 5.26 Å². The highest BCUT2D eigenvalue weighted by atomic mass is 16.5. The number of anilines is 1. The number of aromatic nitrogens is 2. The van der Waals surface area contributed by atoms with Crippen molar-refractivity contribution in [3.05, 3.63) is 42.4 Å². The van der Waals surface area contributed by atoms with Crippen LogP contribution >= 0.6 is 0 Å². The molecule has 0 atom stereocenters. The van der Waals surface area contributed by atoms with Gasteiger partial charge in [0, 0.05) is 38.8 Å². The molecule has 1 aliphatic heterocycles. The zero-order valence-electron chi connectivity index (χ0n) is 14.3. The Balaban J connectivity index is 1.42. The molecule has 0 unspecified atom stereocenters. The van der Waals surface area contributed by atoms with Crippen LogP contribution in [-0.4, -0.2) is 61.3 Å². The van der Waals surface area contributed by atoms with E-state index in [1.54, 1.807) is 13.3 Å². The van der Waals surface area contributed by atoms with Crippen molar-refractivity contribution < 1.29 is 9.47 Å². The van der Waals surface area contributed by atoms with Gasteiger partial charge in [0.05, 0.1) is 19.5 Å². The molecule has 0 N–H and O–H groups in total. The van der Waals surface area contributed by atoms with Gasteiger partial charge in [-0.15, -0.1) is 0 Å². The topological polar surface area (TPSA) is 74.5 Å². The summed E-state index contributed by atoms with van der Waals surface area (Å²) in [5, 5.41) is 8.78. The van der Waals surface area contributed by atoms with Gasteiger partial charge in [-0.2, -0.15) is 5.26 Å². The monoisotopic (exact) mass is 339 g/mol. The first-order valence-corrected chi connectivity index (χ1v) is 8.25. The van der Waals surface area contributed by atoms with Gasteiger partial charge in [0.2, 0.25) is 0 Å². The largest absolute Gasteiger partial charge is 0.497 e. The van der Waals surface area contributed by atoms with Gasteiger partial charge in [0.1, 0.15) is 30.0 Å². The Morgan fingerprint density at radius 1 is 1.12 bits per heavy atom. The van der Waals surface area contributed by atoms with Crippen LogP contribution in [0.25, 0.3) is 0 Å². The molecule has 3 rings (SSSR count). The Hall–Kier alpha value is -2.85. The SMILES string of the molecule is COc1cccc(OCCN2CCN(c3cnc(C#N)cn3)CC2)c1. The lowest BCUT2D eigenvalue weighted by molar-refractivity contribution is 0.200. The molecule has 1 saturated heterocycles. The van der Waals surface area contributed by atoms with Gasteiger partial charge in [-0.05, 0) is 12.1 Å². The Bertz CT molecular complexity index is 721. The normalized spacial score (nSPS) is 14.8. The smallest absolute Gasteiger partial charge is 0.158 e. The number of rotatable bonds is 6. The first-order valence-electron chi connectivity index (χ1n) is 8.25. The molecule has 0 aliphatic carbocycles. The number of benzene rings is 1. The lowest BCUT2D eigenvalue weighted by atomic mass is 10.3. The highest BCUT2D eigenvalue weighted by Crippen LogP contribution is 2.19. The van der Waals surface area contributed by atoms with E-state index in [-0.39, 0.29) is 0 Å². The average molecular weight is 339 g/mol. The van der Waals surface area contributed by atoms with Gasteiger partial charge in [0.25, 0.3) is 0 Å². The van der Waals surface area contributed by atoms with Crippen molar-refractivity contribution in [2.24, 2.45) is 0 Å². The quantitative estimate of drug-likeness (QED) is 0.790. The summed E-state index contributed by atoms with van der Waals surface area (Å²) in [4.78, 5) is 12.9. The van der Waals surface area contributed by atoms with Gasteiger partial charge in [-0.25, -0.2) is 9.97 Å². The molecule has 7 heteroatoms. The Kier molecular flexibility index (Phi) is 5.65. The second-order valence-electron chi connectivity index (χ2n) is 5.73. The van der Waals surface area contributed by atoms with Crippen LogP contribution in [0.3, 0.4) is 0 Å². The number of piperazine rings is 1. The summed E-state index contributed by atoms with van der Waals surface area (Å²) in [7, 11) is 1.65. The van der Waals surface area contributed by atoms with E-state index in [4.69, 9.17) is 14.7 Å². The van der Waals surface area contributed by atoms with E-state index >= 15 is 0 Å². The molecule has 1 aromatic heterocycles. The van der Waals surface area contributed by atoms with Crippen LogP contribution in [0, 0.1) is 11.3 Å². The van der Waals surface area contributed by atoms with Crippen molar-refractivity contribution in [1.82, 2.24) is 14.9 Å². The van der Waals surface area contributed by atoms with Gasteiger partial charge >= 0.3 is 0 Å². The number of ether oxygens (including phenoxy) is 2. The van der Waals surface area contributed by atoms with Crippen LogP contribution in [0.15, 0.2) is 36.7 Å². The first-order chi connectivity index (χ1) is 12.3. The third-order valence-corrected chi connectivity index (χ3v) is 4.17. The standard InChI is InChI=1S/C18H21N5O2/c1-24-16-3-2-4-17(11-16)25-10-9-22-5-7-23(8-6-22)18-14-20-15(12-19)13-21-18/h2-4,11,13-14H,5-10H2,1H3. The van der Waals surface area contributed by atoms with Crippen molar-refractivity contribution in [2.45, 2.75) is 0 Å². The van der Waals surface area contributed by atoms with Gasteiger partial charge in [-0.3, -0.25) is 4.90 Å². The highest BCUT2D eigenvalue weighted by Gasteiger charge is 2.18. The van der Waals surface area contributed by atoms with Crippen LogP contribution < -0.4 is 14.4 Å². The molecule has 0 amide bonds. The van der Waals surface area contributed by atoms with E-state index in [0.717, 1.165) is 50.0 Å². The molecular formula is C18H21N5O2. The molecule has 130 valence electrons. The average Bonchev–Trinajstić information content (AvgIpc) is 2.69. The third kappa shape index (κ3) is 4.58. The zero-order chi connectivity index (χ0) is 17.5. The van der Waals surface area contributed by atoms with Gasteiger partial charge in [0.15, 0.2) is 5.69 Å². The predicted molar refractivity (Wildman–Crippen MR) is 93.9 cm³/mol. The first kappa shape index (κ1) is 17.0. The van der Waals surface area contributed by atoms with Crippen molar-refractivity contribution >= 4 is 5.82 Å². The van der Waals surface area contributed by atoms with E-state index in [1.165, 1.54) is 6.20 Å². The molecule has 2 heterocycles. The van der Waals surface area contributed by atoms with E-state index in [2.05, 4.69) is 19.8 Å². The molecule has 25 heavy (non-hydrogen) atoms. The van der Waals surface area contributed by atoms with Crippen LogP contribution in [0.4, 0.5) is 5.82 Å². The summed E-state index contributed by atoms with van der Waals surface area (Å²) in [5.74, 6) is 2.45. The predicted octanol–water partition coefficient (Wildman–Crippen LogP) is 1.56. The summed E-state index contributed by atoms with van der Waals surface area (Å²) in [6.45, 7) is 5.19. The Morgan fingerprint density at radius 2 is 1.92 bits per heavy atom. The maximum Gasteiger partial charge on any atom is 0.158 e. The van der Waals surface area contributed by atoms with Crippen molar-refractivity contribution in [3.8, 4) is 17.6 Å². The van der Waals surface area contributed by atoms with Gasteiger partial charge < -0.3 is 14.4 Å². The number of hydrogen-bond donors (Lipinski definition) is 0. The van der Waals surface area contributed by atoms with Crippen LogP contribution in [0.2, 0.25) is 0 Å². The lowest BCUT2D eigenvalue weighted by Gasteiger charge is -2.35. The minimum absolute atomic E-state index is 0.345. The zero-order valence-corrected chi connectivity index (χ0v) is 14.3. The fourth-order valence-electron chi connectivity index (χ4n) is 2.73. The molecule has 0 saturated carbocycles. The van der Waals surface area contributed by atoms with Crippen molar-refractivity contribution in [3.63, 3.8) is 0 Å². The highest BCUT2D eigenvalue weighted by molar-refractivity contribution is 5.37. The summed E-state index contributed by atoms with van der Waals surface area (Å²) in [6.07, 6.45) is 3.18. The second-order valence-corrected chi connectivity index (χ2v) is 5.73. The Labute approximate surface area is 147 Å².